The zero-order valence-corrected chi connectivity index (χ0v) is 10.1. The SMILES string of the molecule is CCCCCOC(=O)CC[I-]C. The number of ether oxygens (including phenoxy) is 1. The monoisotopic (exact) mass is 285 g/mol. The van der Waals surface area contributed by atoms with Crippen molar-refractivity contribution < 1.29 is 30.7 Å². The summed E-state index contributed by atoms with van der Waals surface area (Å²) < 4.78 is 6.09. The van der Waals surface area contributed by atoms with E-state index in [1.165, 1.54) is 6.42 Å². The van der Waals surface area contributed by atoms with Crippen molar-refractivity contribution in [1.29, 1.82) is 0 Å². The van der Waals surface area contributed by atoms with Crippen LogP contribution in [0.3, 0.4) is 0 Å². The molecule has 0 aliphatic heterocycles. The molecule has 0 bridgehead atoms. The van der Waals surface area contributed by atoms with Crippen LogP contribution in [0.5, 0.6) is 0 Å². The van der Waals surface area contributed by atoms with E-state index >= 15 is 0 Å². The zero-order chi connectivity index (χ0) is 9.23. The van der Waals surface area contributed by atoms with Crippen molar-refractivity contribution in [3.63, 3.8) is 0 Å². The molecule has 0 unspecified atom stereocenters. The fraction of sp³-hybridized carbons (Fsp3) is 0.889. The van der Waals surface area contributed by atoms with Gasteiger partial charge in [-0.3, -0.25) is 0 Å². The summed E-state index contributed by atoms with van der Waals surface area (Å²) in [4.78, 5) is 13.1. The van der Waals surface area contributed by atoms with Gasteiger partial charge in [0.1, 0.15) is 0 Å². The summed E-state index contributed by atoms with van der Waals surface area (Å²) >= 11 is 0.250. The van der Waals surface area contributed by atoms with Crippen LogP contribution < -0.4 is 21.2 Å². The molecule has 0 saturated heterocycles. The third kappa shape index (κ3) is 8.30. The van der Waals surface area contributed by atoms with E-state index in [9.17, 15) is 4.79 Å². The van der Waals surface area contributed by atoms with Crippen molar-refractivity contribution in [2.24, 2.45) is 0 Å². The molecule has 0 heterocycles. The van der Waals surface area contributed by atoms with Gasteiger partial charge >= 0.3 is 85.3 Å². The number of alkyl halides is 2. The van der Waals surface area contributed by atoms with E-state index in [1.54, 1.807) is 0 Å². The second-order valence-electron chi connectivity index (χ2n) is 2.63. The Morgan fingerprint density at radius 3 is 2.75 bits per heavy atom. The molecule has 0 amide bonds. The molecule has 0 aliphatic rings. The molecule has 0 aromatic carbocycles. The minimum absolute atomic E-state index is 0.00680. The summed E-state index contributed by atoms with van der Waals surface area (Å²) in [5.41, 5.74) is 0. The number of unbranched alkanes of at least 4 members (excludes halogenated alkanes) is 2. The zero-order valence-electron chi connectivity index (χ0n) is 7.94. The van der Waals surface area contributed by atoms with Crippen molar-refractivity contribution in [2.75, 3.05) is 16.0 Å². The molecule has 0 N–H and O–H groups in total. The van der Waals surface area contributed by atoms with E-state index in [1.807, 2.05) is 0 Å². The van der Waals surface area contributed by atoms with Crippen LogP contribution in [0, 0.1) is 0 Å². The number of halogens is 1. The summed E-state index contributed by atoms with van der Waals surface area (Å²) in [6, 6.07) is 0. The Morgan fingerprint density at radius 2 is 2.17 bits per heavy atom. The van der Waals surface area contributed by atoms with Gasteiger partial charge in [0.15, 0.2) is 0 Å². The average Bonchev–Trinajstić information content (AvgIpc) is 2.09. The van der Waals surface area contributed by atoms with Crippen LogP contribution in [0.1, 0.15) is 32.6 Å². The Hall–Kier alpha value is 0.200. The van der Waals surface area contributed by atoms with Gasteiger partial charge in [-0.05, 0) is 0 Å². The Kier molecular flexibility index (Phi) is 9.44. The van der Waals surface area contributed by atoms with Crippen molar-refractivity contribution in [3.05, 3.63) is 0 Å². The van der Waals surface area contributed by atoms with Crippen molar-refractivity contribution in [1.82, 2.24) is 0 Å². The van der Waals surface area contributed by atoms with Gasteiger partial charge in [0, 0.05) is 0 Å². The Bertz CT molecular complexity index is 115. The summed E-state index contributed by atoms with van der Waals surface area (Å²) in [6.07, 6.45) is 3.99. The molecule has 2 nitrogen and oxygen atoms in total. The molecule has 12 heavy (non-hydrogen) atoms. The molecule has 0 fully saturated rings. The molecule has 0 radical (unpaired) electrons. The molecule has 0 rings (SSSR count). The van der Waals surface area contributed by atoms with Crippen LogP contribution >= 0.6 is 0 Å². The van der Waals surface area contributed by atoms with Crippen molar-refractivity contribution in [3.8, 4) is 0 Å². The fourth-order valence-electron chi connectivity index (χ4n) is 0.782. The number of carbonyl (C=O) groups is 1. The predicted molar refractivity (Wildman–Crippen MR) is 45.9 cm³/mol. The molecule has 0 aromatic heterocycles. The quantitative estimate of drug-likeness (QED) is 0.255. The molecular weight excluding hydrogens is 267 g/mol. The number of hydrogen-bond donors (Lipinski definition) is 0. The number of esters is 1. The van der Waals surface area contributed by atoms with Crippen LogP contribution in [-0.4, -0.2) is 21.9 Å². The Balaban J connectivity index is 3.08. The maximum atomic E-state index is 11.0. The first-order valence-corrected chi connectivity index (χ1v) is 8.09. The van der Waals surface area contributed by atoms with Crippen LogP contribution in [0.4, 0.5) is 0 Å². The van der Waals surface area contributed by atoms with Crippen molar-refractivity contribution >= 4 is 5.97 Å². The normalized spacial score (nSPS) is 10.2. The molecule has 0 spiro atoms. The third-order valence-corrected chi connectivity index (χ3v) is 3.12. The van der Waals surface area contributed by atoms with Crippen molar-refractivity contribution in [2.45, 2.75) is 32.6 Å². The molecular formula is C9H18IO2-. The van der Waals surface area contributed by atoms with Crippen LogP contribution in [0.15, 0.2) is 0 Å². The first-order chi connectivity index (χ1) is 5.81. The Labute approximate surface area is 85.3 Å². The van der Waals surface area contributed by atoms with E-state index in [4.69, 9.17) is 4.74 Å². The van der Waals surface area contributed by atoms with E-state index < -0.39 is 0 Å². The summed E-state index contributed by atoms with van der Waals surface area (Å²) in [5.74, 6) is -0.00680. The Morgan fingerprint density at radius 1 is 1.42 bits per heavy atom. The van der Waals surface area contributed by atoms with E-state index in [2.05, 4.69) is 11.9 Å². The van der Waals surface area contributed by atoms with Gasteiger partial charge in [-0.15, -0.1) is 0 Å². The molecule has 74 valence electrons. The van der Waals surface area contributed by atoms with Gasteiger partial charge in [-0.25, -0.2) is 0 Å². The standard InChI is InChI=1S/C9H18IO2/c1-3-4-5-8-12-9(11)6-7-10-2/h3-8H2,1-2H3/q-1. The van der Waals surface area contributed by atoms with Gasteiger partial charge in [0.05, 0.1) is 0 Å². The summed E-state index contributed by atoms with van der Waals surface area (Å²) in [6.45, 7) is 2.76. The maximum absolute atomic E-state index is 11.0. The molecule has 0 saturated carbocycles. The second kappa shape index (κ2) is 9.29. The van der Waals surface area contributed by atoms with Gasteiger partial charge in [-0.2, -0.15) is 0 Å². The van der Waals surface area contributed by atoms with Gasteiger partial charge in [0.25, 0.3) is 0 Å². The van der Waals surface area contributed by atoms with Gasteiger partial charge < -0.3 is 0 Å². The number of rotatable bonds is 7. The molecule has 0 atom stereocenters. The predicted octanol–water partition coefficient (Wildman–Crippen LogP) is -1.17. The minimum atomic E-state index is -0.00680. The van der Waals surface area contributed by atoms with Gasteiger partial charge in [0.2, 0.25) is 0 Å². The third-order valence-electron chi connectivity index (χ3n) is 1.50. The first kappa shape index (κ1) is 12.2. The summed E-state index contributed by atoms with van der Waals surface area (Å²) in [7, 11) is 0. The van der Waals surface area contributed by atoms with E-state index in [0.717, 1.165) is 17.3 Å². The first-order valence-electron chi connectivity index (χ1n) is 4.40. The summed E-state index contributed by atoms with van der Waals surface area (Å²) in [5, 5.41) is 0. The van der Waals surface area contributed by atoms with E-state index in [0.29, 0.717) is 13.0 Å². The number of carbonyl (C=O) groups excluding carboxylic acids is 1. The molecule has 0 aromatic rings. The van der Waals surface area contributed by atoms with Crippen LogP contribution in [0.25, 0.3) is 0 Å². The molecule has 0 aliphatic carbocycles. The fourth-order valence-corrected chi connectivity index (χ4v) is 1.76. The molecule has 3 heteroatoms. The average molecular weight is 285 g/mol. The van der Waals surface area contributed by atoms with Crippen LogP contribution in [-0.2, 0) is 9.53 Å². The van der Waals surface area contributed by atoms with E-state index in [-0.39, 0.29) is 27.2 Å². The second-order valence-corrected chi connectivity index (χ2v) is 5.24. The number of hydrogen-bond acceptors (Lipinski definition) is 2. The van der Waals surface area contributed by atoms with Gasteiger partial charge in [-0.1, -0.05) is 0 Å². The van der Waals surface area contributed by atoms with Crippen LogP contribution in [0.2, 0.25) is 0 Å². The topological polar surface area (TPSA) is 26.3 Å².